The van der Waals surface area contributed by atoms with Gasteiger partial charge in [0, 0.05) is 0 Å². The molecule has 0 amide bonds. The molecule has 0 aliphatic carbocycles. The van der Waals surface area contributed by atoms with Crippen molar-refractivity contribution in [2.24, 2.45) is 0 Å². The molecule has 0 heterocycles. The van der Waals surface area contributed by atoms with Crippen LogP contribution in [0, 0.1) is 13.8 Å². The number of aryl methyl sites for hydroxylation is 2. The maximum absolute atomic E-state index is 9.78. The van der Waals surface area contributed by atoms with E-state index in [1.165, 1.54) is 0 Å². The van der Waals surface area contributed by atoms with E-state index in [-0.39, 0.29) is 0 Å². The molecule has 96 valence electrons. The molecule has 1 aromatic rings. The number of ether oxygens (including phenoxy) is 1. The van der Waals surface area contributed by atoms with Gasteiger partial charge in [-0.3, -0.25) is 0 Å². The number of para-hydroxylation sites is 1. The molecule has 0 radical (unpaired) electrons. The highest BCUT2D eigenvalue weighted by molar-refractivity contribution is 5.39. The van der Waals surface area contributed by atoms with E-state index in [2.05, 4.69) is 19.2 Å². The minimum Gasteiger partial charge on any atom is -0.490 e. The van der Waals surface area contributed by atoms with Gasteiger partial charge >= 0.3 is 0 Å². The molecule has 1 atom stereocenters. The Morgan fingerprint density at radius 1 is 1.24 bits per heavy atom. The Hall–Kier alpha value is -1.06. The molecule has 1 rings (SSSR count). The van der Waals surface area contributed by atoms with E-state index < -0.39 is 6.10 Å². The Morgan fingerprint density at radius 2 is 1.82 bits per heavy atom. The van der Waals surface area contributed by atoms with Crippen molar-refractivity contribution in [1.82, 2.24) is 0 Å². The molecule has 0 unspecified atom stereocenters. The normalized spacial score (nSPS) is 12.8. The molecule has 3 N–H and O–H groups in total. The second-order valence-electron chi connectivity index (χ2n) is 4.90. The van der Waals surface area contributed by atoms with Crippen LogP contribution in [0.25, 0.3) is 0 Å². The van der Waals surface area contributed by atoms with Crippen LogP contribution >= 0.6 is 0 Å². The molecular weight excluding hydrogens is 214 g/mol. The van der Waals surface area contributed by atoms with Crippen LogP contribution in [0.2, 0.25) is 0 Å². The Labute approximate surface area is 104 Å². The van der Waals surface area contributed by atoms with Crippen LogP contribution < -0.4 is 10.1 Å². The van der Waals surface area contributed by atoms with Gasteiger partial charge < -0.3 is 15.2 Å². The molecular formula is C14H24NO2+. The molecule has 0 aliphatic rings. The highest BCUT2D eigenvalue weighted by Gasteiger charge is 2.10. The van der Waals surface area contributed by atoms with Crippen LogP contribution in [0.4, 0.5) is 0 Å². The highest BCUT2D eigenvalue weighted by atomic mass is 16.5. The first-order valence-corrected chi connectivity index (χ1v) is 6.21. The third-order valence-corrected chi connectivity index (χ3v) is 2.71. The van der Waals surface area contributed by atoms with Crippen molar-refractivity contribution in [2.75, 3.05) is 13.2 Å². The number of benzene rings is 1. The van der Waals surface area contributed by atoms with Gasteiger partial charge in [-0.1, -0.05) is 18.2 Å². The quantitative estimate of drug-likeness (QED) is 0.777. The summed E-state index contributed by atoms with van der Waals surface area (Å²) in [6, 6.07) is 6.56. The molecule has 3 nitrogen and oxygen atoms in total. The van der Waals surface area contributed by atoms with Gasteiger partial charge in [0.05, 0.1) is 6.04 Å². The Morgan fingerprint density at radius 3 is 2.35 bits per heavy atom. The van der Waals surface area contributed by atoms with E-state index >= 15 is 0 Å². The van der Waals surface area contributed by atoms with Gasteiger partial charge in [0.2, 0.25) is 0 Å². The fourth-order valence-corrected chi connectivity index (χ4v) is 1.70. The smallest absolute Gasteiger partial charge is 0.137 e. The fourth-order valence-electron chi connectivity index (χ4n) is 1.70. The van der Waals surface area contributed by atoms with Crippen LogP contribution in [0.1, 0.15) is 25.0 Å². The largest absolute Gasteiger partial charge is 0.490 e. The van der Waals surface area contributed by atoms with E-state index in [1.807, 2.05) is 32.0 Å². The zero-order valence-electron chi connectivity index (χ0n) is 11.2. The van der Waals surface area contributed by atoms with E-state index in [1.54, 1.807) is 0 Å². The number of aliphatic hydroxyl groups excluding tert-OH is 1. The van der Waals surface area contributed by atoms with Crippen LogP contribution in [0.5, 0.6) is 5.75 Å². The zero-order valence-corrected chi connectivity index (χ0v) is 11.2. The first-order chi connectivity index (χ1) is 8.00. The fraction of sp³-hybridized carbons (Fsp3) is 0.571. The maximum Gasteiger partial charge on any atom is 0.137 e. The summed E-state index contributed by atoms with van der Waals surface area (Å²) in [6.45, 7) is 9.31. The van der Waals surface area contributed by atoms with E-state index in [0.29, 0.717) is 19.2 Å². The number of hydrogen-bond acceptors (Lipinski definition) is 2. The van der Waals surface area contributed by atoms with Crippen molar-refractivity contribution in [1.29, 1.82) is 0 Å². The van der Waals surface area contributed by atoms with Gasteiger partial charge in [0.1, 0.15) is 25.0 Å². The number of aliphatic hydroxyl groups is 1. The van der Waals surface area contributed by atoms with Crippen LogP contribution in [-0.2, 0) is 0 Å². The minimum atomic E-state index is -0.420. The first kappa shape index (κ1) is 14.0. The number of hydrogen-bond donors (Lipinski definition) is 2. The molecule has 0 saturated carbocycles. The minimum absolute atomic E-state index is 0.356. The molecule has 0 aromatic heterocycles. The van der Waals surface area contributed by atoms with Gasteiger partial charge in [-0.2, -0.15) is 0 Å². The standard InChI is InChI=1S/C14H23NO2/c1-10(2)15-8-13(16)9-17-14-11(3)6-5-7-12(14)4/h5-7,10,13,15-16H,8-9H2,1-4H3/p+1/t13-/m1/s1. The second-order valence-corrected chi connectivity index (χ2v) is 4.90. The molecule has 0 aliphatic heterocycles. The van der Waals surface area contributed by atoms with E-state index in [9.17, 15) is 5.11 Å². The van der Waals surface area contributed by atoms with Crippen LogP contribution in [0.3, 0.4) is 0 Å². The molecule has 0 saturated heterocycles. The third-order valence-electron chi connectivity index (χ3n) is 2.71. The highest BCUT2D eigenvalue weighted by Crippen LogP contribution is 2.22. The van der Waals surface area contributed by atoms with Crippen molar-refractivity contribution in [3.8, 4) is 5.75 Å². The van der Waals surface area contributed by atoms with Crippen LogP contribution in [0.15, 0.2) is 18.2 Å². The lowest BCUT2D eigenvalue weighted by atomic mass is 10.1. The molecule has 0 fully saturated rings. The summed E-state index contributed by atoms with van der Waals surface area (Å²) in [5.41, 5.74) is 2.23. The predicted octanol–water partition coefficient (Wildman–Crippen LogP) is 1.01. The Balaban J connectivity index is 2.44. The van der Waals surface area contributed by atoms with Gasteiger partial charge in [-0.05, 0) is 38.8 Å². The topological polar surface area (TPSA) is 46.1 Å². The summed E-state index contributed by atoms with van der Waals surface area (Å²) < 4.78 is 5.69. The Kier molecular flexibility index (Phi) is 5.45. The van der Waals surface area contributed by atoms with Gasteiger partial charge in [-0.15, -0.1) is 0 Å². The lowest BCUT2D eigenvalue weighted by Crippen LogP contribution is -2.90. The summed E-state index contributed by atoms with van der Waals surface area (Å²) in [6.07, 6.45) is -0.420. The number of quaternary nitrogens is 1. The molecule has 0 spiro atoms. The molecule has 17 heavy (non-hydrogen) atoms. The molecule has 1 aromatic carbocycles. The lowest BCUT2D eigenvalue weighted by Gasteiger charge is -2.15. The number of rotatable bonds is 6. The lowest BCUT2D eigenvalue weighted by molar-refractivity contribution is -0.688. The summed E-state index contributed by atoms with van der Waals surface area (Å²) in [5, 5.41) is 11.9. The number of nitrogens with two attached hydrogens (primary N) is 1. The monoisotopic (exact) mass is 238 g/mol. The van der Waals surface area contributed by atoms with E-state index in [4.69, 9.17) is 4.74 Å². The van der Waals surface area contributed by atoms with Crippen molar-refractivity contribution in [3.63, 3.8) is 0 Å². The van der Waals surface area contributed by atoms with Crippen molar-refractivity contribution < 1.29 is 15.2 Å². The van der Waals surface area contributed by atoms with Crippen LogP contribution in [-0.4, -0.2) is 30.4 Å². The average Bonchev–Trinajstić information content (AvgIpc) is 2.25. The summed E-state index contributed by atoms with van der Waals surface area (Å²) >= 11 is 0. The second kappa shape index (κ2) is 6.62. The summed E-state index contributed by atoms with van der Waals surface area (Å²) in [7, 11) is 0. The van der Waals surface area contributed by atoms with Crippen molar-refractivity contribution in [3.05, 3.63) is 29.3 Å². The zero-order chi connectivity index (χ0) is 12.8. The summed E-state index contributed by atoms with van der Waals surface area (Å²) in [4.78, 5) is 0. The van der Waals surface area contributed by atoms with Gasteiger partial charge in [0.25, 0.3) is 0 Å². The SMILES string of the molecule is Cc1cccc(C)c1OC[C@H](O)C[NH2+]C(C)C. The average molecular weight is 238 g/mol. The third kappa shape index (κ3) is 4.75. The van der Waals surface area contributed by atoms with E-state index in [0.717, 1.165) is 16.9 Å². The van der Waals surface area contributed by atoms with Crippen molar-refractivity contribution in [2.45, 2.75) is 39.8 Å². The van der Waals surface area contributed by atoms with Gasteiger partial charge in [0.15, 0.2) is 0 Å². The Bertz CT molecular complexity index is 330. The predicted molar refractivity (Wildman–Crippen MR) is 69.3 cm³/mol. The van der Waals surface area contributed by atoms with Gasteiger partial charge in [-0.25, -0.2) is 0 Å². The maximum atomic E-state index is 9.78. The molecule has 0 bridgehead atoms. The summed E-state index contributed by atoms with van der Waals surface area (Å²) in [5.74, 6) is 0.899. The molecule has 3 heteroatoms. The van der Waals surface area contributed by atoms with Crippen molar-refractivity contribution >= 4 is 0 Å². The first-order valence-electron chi connectivity index (χ1n) is 6.21.